The van der Waals surface area contributed by atoms with Gasteiger partial charge in [-0.2, -0.15) is 0 Å². The van der Waals surface area contributed by atoms with Crippen LogP contribution < -0.4 is 0 Å². The molecule has 0 spiro atoms. The molecule has 4 heteroatoms. The minimum atomic E-state index is 0.180. The third-order valence-electron chi connectivity index (χ3n) is 2.15. The summed E-state index contributed by atoms with van der Waals surface area (Å²) in [6, 6.07) is 0. The molecule has 1 aliphatic rings. The lowest BCUT2D eigenvalue weighted by Crippen LogP contribution is -2.20. The summed E-state index contributed by atoms with van der Waals surface area (Å²) < 4.78 is 1.03. The average Bonchev–Trinajstić information content (AvgIpc) is 2.61. The van der Waals surface area contributed by atoms with E-state index in [4.69, 9.17) is 0 Å². The number of ketones is 1. The highest BCUT2D eigenvalue weighted by Crippen LogP contribution is 2.32. The van der Waals surface area contributed by atoms with Crippen molar-refractivity contribution in [3.8, 4) is 0 Å². The Labute approximate surface area is 85.8 Å². The molecule has 1 heterocycles. The second-order valence-corrected chi connectivity index (χ2v) is 5.46. The minimum absolute atomic E-state index is 0.180. The summed E-state index contributed by atoms with van der Waals surface area (Å²) in [5.41, 5.74) is 0. The monoisotopic (exact) mass is 213 g/mol. The summed E-state index contributed by atoms with van der Waals surface area (Å²) in [4.78, 5) is 15.7. The Morgan fingerprint density at radius 3 is 3.15 bits per heavy atom. The van der Waals surface area contributed by atoms with Gasteiger partial charge < -0.3 is 0 Å². The summed E-state index contributed by atoms with van der Waals surface area (Å²) in [5.74, 6) is 0.409. The fourth-order valence-electron chi connectivity index (χ4n) is 1.47. The van der Waals surface area contributed by atoms with E-state index in [9.17, 15) is 4.79 Å². The highest BCUT2D eigenvalue weighted by Gasteiger charge is 2.23. The molecule has 13 heavy (non-hydrogen) atoms. The molecule has 1 fully saturated rings. The zero-order chi connectivity index (χ0) is 9.10. The van der Waals surface area contributed by atoms with Gasteiger partial charge in [-0.1, -0.05) is 18.2 Å². The number of carbonyl (C=O) groups is 1. The third-order valence-corrected chi connectivity index (χ3v) is 4.38. The molecule has 2 nitrogen and oxygen atoms in total. The molecule has 2 rings (SSSR count). The van der Waals surface area contributed by atoms with Crippen LogP contribution in [0.5, 0.6) is 0 Å². The largest absolute Gasteiger partial charge is 0.298 e. The van der Waals surface area contributed by atoms with Crippen molar-refractivity contribution in [2.24, 2.45) is 0 Å². The Kier molecular flexibility index (Phi) is 3.01. The molecule has 0 bridgehead atoms. The molecular formula is C9H11NOS2. The van der Waals surface area contributed by atoms with Gasteiger partial charge in [0.25, 0.3) is 0 Å². The van der Waals surface area contributed by atoms with Crippen LogP contribution in [0.25, 0.3) is 0 Å². The summed E-state index contributed by atoms with van der Waals surface area (Å²) in [7, 11) is 0. The Balaban J connectivity index is 1.97. The van der Waals surface area contributed by atoms with E-state index in [0.717, 1.165) is 23.6 Å². The second-order valence-electron chi connectivity index (χ2n) is 3.12. The van der Waals surface area contributed by atoms with E-state index in [1.165, 1.54) is 6.42 Å². The van der Waals surface area contributed by atoms with Gasteiger partial charge in [0.2, 0.25) is 0 Å². The number of thioether (sulfide) groups is 1. The molecular weight excluding hydrogens is 202 g/mol. The Morgan fingerprint density at radius 2 is 2.46 bits per heavy atom. The van der Waals surface area contributed by atoms with E-state index in [1.54, 1.807) is 29.3 Å². The van der Waals surface area contributed by atoms with Crippen molar-refractivity contribution in [1.82, 2.24) is 4.98 Å². The average molecular weight is 213 g/mol. The predicted molar refractivity (Wildman–Crippen MR) is 55.2 cm³/mol. The zero-order valence-corrected chi connectivity index (χ0v) is 8.87. The van der Waals surface area contributed by atoms with Crippen LogP contribution in [-0.4, -0.2) is 16.0 Å². The maximum atomic E-state index is 11.5. The molecule has 70 valence electrons. The first kappa shape index (κ1) is 9.21. The molecule has 1 aliphatic carbocycles. The smallest absolute Gasteiger partial charge is 0.150 e. The van der Waals surface area contributed by atoms with Crippen molar-refractivity contribution in [2.45, 2.75) is 35.3 Å². The van der Waals surface area contributed by atoms with Crippen LogP contribution in [0, 0.1) is 0 Å². The third kappa shape index (κ3) is 2.31. The first-order valence-corrected chi connectivity index (χ1v) is 6.21. The summed E-state index contributed by atoms with van der Waals surface area (Å²) in [6.07, 6.45) is 5.86. The Morgan fingerprint density at radius 1 is 1.54 bits per heavy atom. The van der Waals surface area contributed by atoms with Gasteiger partial charge in [-0.05, 0) is 12.8 Å². The zero-order valence-electron chi connectivity index (χ0n) is 7.23. The van der Waals surface area contributed by atoms with Crippen LogP contribution in [0.4, 0.5) is 0 Å². The normalized spacial score (nSPS) is 23.4. The SMILES string of the molecule is O=C1CCCCC1Sc1nccs1. The maximum absolute atomic E-state index is 11.5. The number of thiazole rings is 1. The van der Waals surface area contributed by atoms with Crippen molar-refractivity contribution in [1.29, 1.82) is 0 Å². The molecule has 0 aromatic carbocycles. The summed E-state index contributed by atoms with van der Waals surface area (Å²) in [6.45, 7) is 0. The van der Waals surface area contributed by atoms with E-state index in [2.05, 4.69) is 4.98 Å². The number of carbonyl (C=O) groups excluding carboxylic acids is 1. The fourth-order valence-corrected chi connectivity index (χ4v) is 3.46. The lowest BCUT2D eigenvalue weighted by Gasteiger charge is -2.18. The first-order valence-electron chi connectivity index (χ1n) is 4.45. The van der Waals surface area contributed by atoms with Crippen molar-refractivity contribution in [2.75, 3.05) is 0 Å². The van der Waals surface area contributed by atoms with Gasteiger partial charge in [-0.15, -0.1) is 11.3 Å². The molecule has 0 N–H and O–H groups in total. The highest BCUT2D eigenvalue weighted by molar-refractivity contribution is 8.02. The van der Waals surface area contributed by atoms with E-state index in [1.807, 2.05) is 5.38 Å². The van der Waals surface area contributed by atoms with Gasteiger partial charge in [-0.25, -0.2) is 4.98 Å². The molecule has 0 radical (unpaired) electrons. The maximum Gasteiger partial charge on any atom is 0.150 e. The minimum Gasteiger partial charge on any atom is -0.298 e. The summed E-state index contributed by atoms with van der Waals surface area (Å²) >= 11 is 3.26. The molecule has 1 unspecified atom stereocenters. The van der Waals surface area contributed by atoms with Crippen LogP contribution in [0.2, 0.25) is 0 Å². The van der Waals surface area contributed by atoms with E-state index in [-0.39, 0.29) is 5.25 Å². The van der Waals surface area contributed by atoms with Crippen molar-refractivity contribution < 1.29 is 4.79 Å². The number of hydrogen-bond donors (Lipinski definition) is 0. The van der Waals surface area contributed by atoms with Gasteiger partial charge in [-0.3, -0.25) is 4.79 Å². The second kappa shape index (κ2) is 4.24. The van der Waals surface area contributed by atoms with Gasteiger partial charge in [0.15, 0.2) is 0 Å². The predicted octanol–water partition coefficient (Wildman–Crippen LogP) is 2.75. The van der Waals surface area contributed by atoms with E-state index in [0.29, 0.717) is 5.78 Å². The topological polar surface area (TPSA) is 30.0 Å². The van der Waals surface area contributed by atoms with Crippen LogP contribution in [-0.2, 0) is 4.79 Å². The van der Waals surface area contributed by atoms with Crippen molar-refractivity contribution >= 4 is 28.9 Å². The summed E-state index contributed by atoms with van der Waals surface area (Å²) in [5, 5.41) is 2.13. The fraction of sp³-hybridized carbons (Fsp3) is 0.556. The van der Waals surface area contributed by atoms with Crippen LogP contribution >= 0.6 is 23.1 Å². The van der Waals surface area contributed by atoms with Crippen LogP contribution in [0.3, 0.4) is 0 Å². The van der Waals surface area contributed by atoms with Crippen LogP contribution in [0.1, 0.15) is 25.7 Å². The molecule has 1 saturated carbocycles. The number of hydrogen-bond acceptors (Lipinski definition) is 4. The quantitative estimate of drug-likeness (QED) is 0.756. The van der Waals surface area contributed by atoms with Crippen molar-refractivity contribution in [3.63, 3.8) is 0 Å². The van der Waals surface area contributed by atoms with Crippen molar-refractivity contribution in [3.05, 3.63) is 11.6 Å². The first-order chi connectivity index (χ1) is 6.36. The van der Waals surface area contributed by atoms with Gasteiger partial charge >= 0.3 is 0 Å². The molecule has 1 atom stereocenters. The molecule has 1 aromatic rings. The number of Topliss-reactive ketones (excluding diaryl/α,β-unsaturated/α-hetero) is 1. The van der Waals surface area contributed by atoms with Gasteiger partial charge in [0, 0.05) is 18.0 Å². The molecule has 0 amide bonds. The van der Waals surface area contributed by atoms with E-state index < -0.39 is 0 Å². The lowest BCUT2D eigenvalue weighted by atomic mass is 9.99. The number of nitrogens with zero attached hydrogens (tertiary/aromatic N) is 1. The molecule has 1 aromatic heterocycles. The Bertz CT molecular complexity index is 284. The number of aromatic nitrogens is 1. The number of rotatable bonds is 2. The molecule has 0 aliphatic heterocycles. The Hall–Kier alpha value is -0.350. The van der Waals surface area contributed by atoms with E-state index >= 15 is 0 Å². The highest BCUT2D eigenvalue weighted by atomic mass is 32.2. The van der Waals surface area contributed by atoms with Gasteiger partial charge in [0.05, 0.1) is 5.25 Å². The standard InChI is InChI=1S/C9H11NOS2/c11-7-3-1-2-4-8(7)13-9-10-5-6-12-9/h5-6,8H,1-4H2. The lowest BCUT2D eigenvalue weighted by molar-refractivity contribution is -0.119. The molecule has 0 saturated heterocycles. The van der Waals surface area contributed by atoms with Crippen LogP contribution in [0.15, 0.2) is 15.9 Å². The van der Waals surface area contributed by atoms with Gasteiger partial charge in [0.1, 0.15) is 10.1 Å².